The second kappa shape index (κ2) is 7.04. The normalized spacial score (nSPS) is 10.4. The molecule has 0 saturated heterocycles. The monoisotopic (exact) mass is 274 g/mol. The number of unbranched alkanes of at least 4 members (excludes halogenated alkanes) is 1. The quantitative estimate of drug-likeness (QED) is 0.873. The average Bonchev–Trinajstić information content (AvgIpc) is 2.90. The number of carbonyl (C=O) groups is 1. The summed E-state index contributed by atoms with van der Waals surface area (Å²) < 4.78 is 0. The van der Waals surface area contributed by atoms with Gasteiger partial charge in [-0.3, -0.25) is 9.78 Å². The van der Waals surface area contributed by atoms with Crippen LogP contribution in [0.4, 0.5) is 5.00 Å². The molecular weight excluding hydrogens is 256 g/mol. The number of nitrogens with zero attached hydrogens (tertiary/aromatic N) is 1. The zero-order valence-electron chi connectivity index (χ0n) is 11.1. The first-order valence-electron chi connectivity index (χ1n) is 6.54. The second-order valence-electron chi connectivity index (χ2n) is 4.51. The third-order valence-electron chi connectivity index (χ3n) is 2.90. The molecule has 0 bridgehead atoms. The topological polar surface area (TPSA) is 42.0 Å². The maximum absolute atomic E-state index is 11.8. The highest BCUT2D eigenvalue weighted by atomic mass is 32.1. The van der Waals surface area contributed by atoms with E-state index in [0.29, 0.717) is 6.42 Å². The van der Waals surface area contributed by atoms with E-state index in [1.165, 1.54) is 29.7 Å². The number of hydrogen-bond donors (Lipinski definition) is 1. The van der Waals surface area contributed by atoms with Crippen LogP contribution in [-0.2, 0) is 17.6 Å². The molecule has 1 aromatic heterocycles. The Morgan fingerprint density at radius 2 is 2.00 bits per heavy atom. The smallest absolute Gasteiger partial charge is 0.229 e. The van der Waals surface area contributed by atoms with E-state index >= 15 is 0 Å². The highest BCUT2D eigenvalue weighted by molar-refractivity contribution is 7.13. The third kappa shape index (κ3) is 4.48. The van der Waals surface area contributed by atoms with Gasteiger partial charge in [0, 0.05) is 0 Å². The molecule has 1 heterocycles. The summed E-state index contributed by atoms with van der Waals surface area (Å²) in [6, 6.07) is 8.31. The Morgan fingerprint density at radius 3 is 2.63 bits per heavy atom. The van der Waals surface area contributed by atoms with Gasteiger partial charge in [-0.2, -0.15) is 0 Å². The van der Waals surface area contributed by atoms with Crippen LogP contribution in [0.5, 0.6) is 0 Å². The Balaban J connectivity index is 1.86. The fraction of sp³-hybridized carbons (Fsp3) is 0.333. The van der Waals surface area contributed by atoms with Crippen LogP contribution in [0, 0.1) is 0 Å². The number of benzene rings is 1. The predicted molar refractivity (Wildman–Crippen MR) is 79.5 cm³/mol. The second-order valence-corrected chi connectivity index (χ2v) is 5.40. The molecule has 0 spiro atoms. The van der Waals surface area contributed by atoms with Crippen LogP contribution in [0.3, 0.4) is 0 Å². The van der Waals surface area contributed by atoms with Crippen molar-refractivity contribution < 1.29 is 4.79 Å². The first kappa shape index (κ1) is 13.7. The van der Waals surface area contributed by atoms with Crippen molar-refractivity contribution >= 4 is 22.2 Å². The van der Waals surface area contributed by atoms with E-state index in [1.807, 2.05) is 12.1 Å². The molecule has 0 unspecified atom stereocenters. The Hall–Kier alpha value is -1.68. The first-order chi connectivity index (χ1) is 9.28. The number of aromatic nitrogens is 1. The van der Waals surface area contributed by atoms with Crippen molar-refractivity contribution in [3.63, 3.8) is 0 Å². The lowest BCUT2D eigenvalue weighted by Gasteiger charge is -2.04. The average molecular weight is 274 g/mol. The Labute approximate surface area is 117 Å². The summed E-state index contributed by atoms with van der Waals surface area (Å²) in [5.74, 6) is 0.00515. The van der Waals surface area contributed by atoms with Gasteiger partial charge in [-0.05, 0) is 24.0 Å². The van der Waals surface area contributed by atoms with Crippen molar-refractivity contribution in [2.24, 2.45) is 0 Å². The van der Waals surface area contributed by atoms with E-state index in [1.54, 1.807) is 11.7 Å². The van der Waals surface area contributed by atoms with Crippen LogP contribution in [-0.4, -0.2) is 10.9 Å². The lowest BCUT2D eigenvalue weighted by molar-refractivity contribution is -0.115. The molecule has 0 radical (unpaired) electrons. The summed E-state index contributed by atoms with van der Waals surface area (Å²) in [7, 11) is 0. The lowest BCUT2D eigenvalue weighted by atomic mass is 10.0. The molecule has 100 valence electrons. The number of rotatable bonds is 6. The molecule has 3 nitrogen and oxygen atoms in total. The zero-order chi connectivity index (χ0) is 13.5. The molecule has 0 aliphatic carbocycles. The van der Waals surface area contributed by atoms with Crippen molar-refractivity contribution in [3.8, 4) is 0 Å². The van der Waals surface area contributed by atoms with E-state index < -0.39 is 0 Å². The minimum Gasteiger partial charge on any atom is -0.316 e. The van der Waals surface area contributed by atoms with Crippen molar-refractivity contribution in [2.75, 3.05) is 5.32 Å². The summed E-state index contributed by atoms with van der Waals surface area (Å²) in [5, 5.41) is 3.63. The molecule has 4 heteroatoms. The summed E-state index contributed by atoms with van der Waals surface area (Å²) in [5.41, 5.74) is 4.09. The van der Waals surface area contributed by atoms with Gasteiger partial charge in [-0.1, -0.05) is 37.6 Å². The van der Waals surface area contributed by atoms with Gasteiger partial charge in [0.15, 0.2) is 0 Å². The van der Waals surface area contributed by atoms with Gasteiger partial charge >= 0.3 is 0 Å². The van der Waals surface area contributed by atoms with Gasteiger partial charge in [0.1, 0.15) is 5.00 Å². The molecule has 0 atom stereocenters. The van der Waals surface area contributed by atoms with Gasteiger partial charge < -0.3 is 5.32 Å². The van der Waals surface area contributed by atoms with Crippen LogP contribution in [0.1, 0.15) is 30.9 Å². The molecule has 0 saturated carbocycles. The molecule has 0 fully saturated rings. The van der Waals surface area contributed by atoms with Crippen molar-refractivity contribution in [3.05, 3.63) is 47.1 Å². The van der Waals surface area contributed by atoms with Gasteiger partial charge in [0.25, 0.3) is 0 Å². The van der Waals surface area contributed by atoms with E-state index in [0.717, 1.165) is 17.0 Å². The summed E-state index contributed by atoms with van der Waals surface area (Å²) in [6.07, 6.45) is 5.61. The number of amides is 1. The van der Waals surface area contributed by atoms with Gasteiger partial charge in [0.2, 0.25) is 5.91 Å². The van der Waals surface area contributed by atoms with Crippen molar-refractivity contribution in [1.29, 1.82) is 0 Å². The molecule has 1 aromatic carbocycles. The standard InChI is InChI=1S/C15H18N2OS/c1-2-3-4-12-5-7-13(8-6-12)9-14(18)17-15-10-16-11-19-15/h5-8,10-11H,2-4,9H2,1H3,(H,17,18). The third-order valence-corrected chi connectivity index (χ3v) is 3.59. The Bertz CT molecular complexity index is 505. The van der Waals surface area contributed by atoms with Crippen LogP contribution in [0.15, 0.2) is 36.0 Å². The van der Waals surface area contributed by atoms with Crippen LogP contribution in [0.25, 0.3) is 0 Å². The maximum Gasteiger partial charge on any atom is 0.229 e. The van der Waals surface area contributed by atoms with Gasteiger partial charge in [-0.15, -0.1) is 11.3 Å². The molecule has 1 N–H and O–H groups in total. The number of thiazole rings is 1. The van der Waals surface area contributed by atoms with Crippen LogP contribution >= 0.6 is 11.3 Å². The molecule has 0 aliphatic heterocycles. The minimum atomic E-state index is 0.00515. The summed E-state index contributed by atoms with van der Waals surface area (Å²) >= 11 is 1.43. The zero-order valence-corrected chi connectivity index (χ0v) is 11.9. The molecular formula is C15H18N2OS. The minimum absolute atomic E-state index is 0.00515. The van der Waals surface area contributed by atoms with E-state index in [-0.39, 0.29) is 5.91 Å². The Kier molecular flexibility index (Phi) is 5.10. The van der Waals surface area contributed by atoms with E-state index in [2.05, 4.69) is 29.4 Å². The Morgan fingerprint density at radius 1 is 1.26 bits per heavy atom. The summed E-state index contributed by atoms with van der Waals surface area (Å²) in [4.78, 5) is 15.7. The van der Waals surface area contributed by atoms with Crippen molar-refractivity contribution in [1.82, 2.24) is 4.98 Å². The number of nitrogens with one attached hydrogen (secondary N) is 1. The molecule has 19 heavy (non-hydrogen) atoms. The van der Waals surface area contributed by atoms with E-state index in [9.17, 15) is 4.79 Å². The lowest BCUT2D eigenvalue weighted by Crippen LogP contribution is -2.13. The largest absolute Gasteiger partial charge is 0.316 e. The molecule has 2 rings (SSSR count). The molecule has 1 amide bonds. The number of carbonyl (C=O) groups excluding carboxylic acids is 1. The van der Waals surface area contributed by atoms with Crippen LogP contribution in [0.2, 0.25) is 0 Å². The van der Waals surface area contributed by atoms with Crippen molar-refractivity contribution in [2.45, 2.75) is 32.6 Å². The number of anilines is 1. The SMILES string of the molecule is CCCCc1ccc(CC(=O)Nc2cncs2)cc1. The fourth-order valence-corrected chi connectivity index (χ4v) is 2.38. The van der Waals surface area contributed by atoms with Gasteiger partial charge in [-0.25, -0.2) is 0 Å². The fourth-order valence-electron chi connectivity index (χ4n) is 1.85. The van der Waals surface area contributed by atoms with Gasteiger partial charge in [0.05, 0.1) is 18.1 Å². The van der Waals surface area contributed by atoms with E-state index in [4.69, 9.17) is 0 Å². The maximum atomic E-state index is 11.8. The molecule has 2 aromatic rings. The number of hydrogen-bond acceptors (Lipinski definition) is 3. The highest BCUT2D eigenvalue weighted by Crippen LogP contribution is 2.13. The highest BCUT2D eigenvalue weighted by Gasteiger charge is 2.05. The van der Waals surface area contributed by atoms with Crippen LogP contribution < -0.4 is 5.32 Å². The molecule has 0 aliphatic rings. The first-order valence-corrected chi connectivity index (χ1v) is 7.42. The predicted octanol–water partition coefficient (Wildman–Crippen LogP) is 3.67. The number of aryl methyl sites for hydroxylation is 1. The summed E-state index contributed by atoms with van der Waals surface area (Å²) in [6.45, 7) is 2.19.